The van der Waals surface area contributed by atoms with Gasteiger partial charge in [0.2, 0.25) is 0 Å². The van der Waals surface area contributed by atoms with Crippen LogP contribution in [-0.2, 0) is 0 Å². The van der Waals surface area contributed by atoms with Crippen LogP contribution >= 0.6 is 27.5 Å². The van der Waals surface area contributed by atoms with E-state index in [1.807, 2.05) is 0 Å². The van der Waals surface area contributed by atoms with Crippen LogP contribution in [0.25, 0.3) is 0 Å². The predicted octanol–water partition coefficient (Wildman–Crippen LogP) is 3.33. The summed E-state index contributed by atoms with van der Waals surface area (Å²) in [5.41, 5.74) is -0.999. The lowest BCUT2D eigenvalue weighted by atomic mass is 10.3. The number of hydrogen-bond donors (Lipinski definition) is 0. The molecule has 5 heteroatoms. The quantitative estimate of drug-likeness (QED) is 0.718. The van der Waals surface area contributed by atoms with Crippen LogP contribution in [0.5, 0.6) is 5.75 Å². The van der Waals surface area contributed by atoms with Crippen molar-refractivity contribution in [2.45, 2.75) is 0 Å². The summed E-state index contributed by atoms with van der Waals surface area (Å²) in [6, 6.07) is 3.71. The molecule has 0 aliphatic heterocycles. The standard InChI is InChI=1S/C7H3BrClFO2/c8-5-2-1-4(10)3-6(5)12-7(9)11/h1-3H. The minimum atomic E-state index is -0.999. The van der Waals surface area contributed by atoms with Crippen LogP contribution in [-0.4, -0.2) is 5.43 Å². The SMILES string of the molecule is O=C(Cl)Oc1cc(F)ccc1Br. The van der Waals surface area contributed by atoms with Crippen LogP contribution in [0.2, 0.25) is 0 Å². The van der Waals surface area contributed by atoms with Crippen molar-refractivity contribution in [2.24, 2.45) is 0 Å². The highest BCUT2D eigenvalue weighted by Crippen LogP contribution is 2.25. The first-order valence-corrected chi connectivity index (χ1v) is 4.09. The van der Waals surface area contributed by atoms with E-state index in [2.05, 4.69) is 20.7 Å². The minimum absolute atomic E-state index is 0.0648. The first-order valence-electron chi connectivity index (χ1n) is 2.92. The lowest BCUT2D eigenvalue weighted by Crippen LogP contribution is -1.97. The Hall–Kier alpha value is -0.610. The maximum absolute atomic E-state index is 12.5. The summed E-state index contributed by atoms with van der Waals surface area (Å²) in [6.45, 7) is 0. The fourth-order valence-corrected chi connectivity index (χ4v) is 1.05. The molecule has 0 saturated heterocycles. The topological polar surface area (TPSA) is 26.3 Å². The zero-order valence-corrected chi connectivity index (χ0v) is 8.02. The molecule has 0 bridgehead atoms. The van der Waals surface area contributed by atoms with E-state index in [1.165, 1.54) is 12.1 Å². The van der Waals surface area contributed by atoms with Crippen molar-refractivity contribution < 1.29 is 13.9 Å². The maximum atomic E-state index is 12.5. The molecule has 0 N–H and O–H groups in total. The van der Waals surface area contributed by atoms with Gasteiger partial charge in [0, 0.05) is 17.7 Å². The van der Waals surface area contributed by atoms with Gasteiger partial charge >= 0.3 is 5.43 Å². The van der Waals surface area contributed by atoms with Gasteiger partial charge < -0.3 is 4.74 Å². The second-order valence-electron chi connectivity index (χ2n) is 1.91. The average molecular weight is 253 g/mol. The van der Waals surface area contributed by atoms with Gasteiger partial charge in [0.1, 0.15) is 11.6 Å². The fraction of sp³-hybridized carbons (Fsp3) is 0. The minimum Gasteiger partial charge on any atom is -0.413 e. The van der Waals surface area contributed by atoms with Crippen LogP contribution in [0.1, 0.15) is 0 Å². The lowest BCUT2D eigenvalue weighted by molar-refractivity contribution is 0.225. The van der Waals surface area contributed by atoms with Gasteiger partial charge in [-0.25, -0.2) is 9.18 Å². The van der Waals surface area contributed by atoms with E-state index < -0.39 is 11.2 Å². The van der Waals surface area contributed by atoms with Crippen molar-refractivity contribution in [1.82, 2.24) is 0 Å². The van der Waals surface area contributed by atoms with Gasteiger partial charge in [-0.15, -0.1) is 0 Å². The summed E-state index contributed by atoms with van der Waals surface area (Å²) in [4.78, 5) is 10.3. The van der Waals surface area contributed by atoms with Crippen molar-refractivity contribution in [2.75, 3.05) is 0 Å². The number of carbonyl (C=O) groups excluding carboxylic acids is 1. The molecule has 0 saturated carbocycles. The Balaban J connectivity index is 2.97. The largest absolute Gasteiger partial charge is 0.413 e. The summed E-state index contributed by atoms with van der Waals surface area (Å²) >= 11 is 7.99. The molecule has 0 radical (unpaired) electrons. The van der Waals surface area contributed by atoms with Crippen LogP contribution in [0.15, 0.2) is 22.7 Å². The Kier molecular flexibility index (Phi) is 3.05. The molecule has 0 aliphatic rings. The van der Waals surface area contributed by atoms with E-state index >= 15 is 0 Å². The highest BCUT2D eigenvalue weighted by Gasteiger charge is 2.05. The van der Waals surface area contributed by atoms with Crippen molar-refractivity contribution in [3.05, 3.63) is 28.5 Å². The maximum Gasteiger partial charge on any atom is 0.409 e. The van der Waals surface area contributed by atoms with Crippen molar-refractivity contribution in [1.29, 1.82) is 0 Å². The monoisotopic (exact) mass is 252 g/mol. The highest BCUT2D eigenvalue weighted by atomic mass is 79.9. The molecule has 64 valence electrons. The third kappa shape index (κ3) is 2.46. The van der Waals surface area contributed by atoms with Gasteiger partial charge in [-0.2, -0.15) is 0 Å². The molecule has 0 atom stereocenters. The number of halogens is 3. The molecule has 2 nitrogen and oxygen atoms in total. The first-order chi connectivity index (χ1) is 5.59. The summed E-state index contributed by atoms with van der Waals surface area (Å²) in [7, 11) is 0. The van der Waals surface area contributed by atoms with E-state index in [0.717, 1.165) is 6.07 Å². The third-order valence-electron chi connectivity index (χ3n) is 1.08. The molecule has 0 unspecified atom stereocenters. The van der Waals surface area contributed by atoms with Gasteiger partial charge in [-0.1, -0.05) is 0 Å². The van der Waals surface area contributed by atoms with Gasteiger partial charge in [0.05, 0.1) is 4.47 Å². The second-order valence-corrected chi connectivity index (χ2v) is 3.08. The molecule has 0 aliphatic carbocycles. The molecule has 0 fully saturated rings. The highest BCUT2D eigenvalue weighted by molar-refractivity contribution is 9.10. The van der Waals surface area contributed by atoms with E-state index in [1.54, 1.807) is 0 Å². The molecule has 1 aromatic rings. The van der Waals surface area contributed by atoms with E-state index in [-0.39, 0.29) is 5.75 Å². The molecule has 1 rings (SSSR count). The Morgan fingerprint density at radius 3 is 2.83 bits per heavy atom. The Morgan fingerprint density at radius 2 is 2.25 bits per heavy atom. The molecule has 0 heterocycles. The predicted molar refractivity (Wildman–Crippen MR) is 46.0 cm³/mol. The Morgan fingerprint density at radius 1 is 1.58 bits per heavy atom. The number of ether oxygens (including phenoxy) is 1. The molecular weight excluding hydrogens is 250 g/mol. The fourth-order valence-electron chi connectivity index (χ4n) is 0.642. The van der Waals surface area contributed by atoms with Crippen LogP contribution in [0.3, 0.4) is 0 Å². The molecule has 0 spiro atoms. The van der Waals surface area contributed by atoms with E-state index in [4.69, 9.17) is 11.6 Å². The Bertz CT molecular complexity index is 316. The molecular formula is C7H3BrClFO2. The number of benzene rings is 1. The van der Waals surface area contributed by atoms with Gasteiger partial charge in [-0.05, 0) is 28.1 Å². The van der Waals surface area contributed by atoms with Crippen LogP contribution < -0.4 is 4.74 Å². The number of carbonyl (C=O) groups is 1. The summed E-state index contributed by atoms with van der Waals surface area (Å²) in [5.74, 6) is -0.430. The smallest absolute Gasteiger partial charge is 0.409 e. The van der Waals surface area contributed by atoms with Crippen LogP contribution in [0.4, 0.5) is 9.18 Å². The first kappa shape index (κ1) is 9.48. The molecule has 1 aromatic carbocycles. The van der Waals surface area contributed by atoms with Crippen LogP contribution in [0, 0.1) is 5.82 Å². The molecule has 0 amide bonds. The summed E-state index contributed by atoms with van der Waals surface area (Å²) in [5, 5.41) is 0. The normalized spacial score (nSPS) is 9.58. The molecule has 12 heavy (non-hydrogen) atoms. The van der Waals surface area contributed by atoms with Crippen molar-refractivity contribution >= 4 is 33.0 Å². The van der Waals surface area contributed by atoms with Gasteiger partial charge in [0.15, 0.2) is 0 Å². The zero-order valence-electron chi connectivity index (χ0n) is 5.68. The third-order valence-corrected chi connectivity index (χ3v) is 1.82. The Labute approximate surface area is 81.4 Å². The second kappa shape index (κ2) is 3.87. The van der Waals surface area contributed by atoms with E-state index in [0.29, 0.717) is 4.47 Å². The van der Waals surface area contributed by atoms with Gasteiger partial charge in [0.25, 0.3) is 0 Å². The van der Waals surface area contributed by atoms with Crippen molar-refractivity contribution in [3.8, 4) is 5.75 Å². The van der Waals surface area contributed by atoms with Gasteiger partial charge in [-0.3, -0.25) is 0 Å². The van der Waals surface area contributed by atoms with E-state index in [9.17, 15) is 9.18 Å². The average Bonchev–Trinajstić information content (AvgIpc) is 1.96. The summed E-state index contributed by atoms with van der Waals surface area (Å²) in [6.07, 6.45) is 0. The lowest BCUT2D eigenvalue weighted by Gasteiger charge is -2.01. The molecule has 0 aromatic heterocycles. The number of rotatable bonds is 1. The summed E-state index contributed by atoms with van der Waals surface area (Å²) < 4.78 is 17.5. The zero-order chi connectivity index (χ0) is 9.14. The number of hydrogen-bond acceptors (Lipinski definition) is 2. The van der Waals surface area contributed by atoms with Crippen molar-refractivity contribution in [3.63, 3.8) is 0 Å².